The molecule has 5 aromatic rings. The van der Waals surface area contributed by atoms with Crippen LogP contribution in [0.1, 0.15) is 29.0 Å². The quantitative estimate of drug-likeness (QED) is 0.0972. The molecule has 20 heteroatoms. The van der Waals surface area contributed by atoms with Crippen LogP contribution in [0.25, 0.3) is 11.5 Å². The minimum Gasteiger partial charge on any atom is -0.493 e. The Balaban J connectivity index is 1.50. The Labute approximate surface area is 316 Å². The smallest absolute Gasteiger partial charge is 0.493 e. The average Bonchev–Trinajstić information content (AvgIpc) is 3.49. The number of ether oxygens (including phenoxy) is 3. The molecule has 298 valence electrons. The molecule has 1 N–H and O–H groups in total. The molecule has 5 rings (SSSR count). The lowest BCUT2D eigenvalue weighted by Gasteiger charge is -2.24. The minimum absolute atomic E-state index is 0.00745. The van der Waals surface area contributed by atoms with Gasteiger partial charge in [-0.05, 0) is 97.3 Å². The Morgan fingerprint density at radius 2 is 1.25 bits per heavy atom. The molecule has 0 aliphatic carbocycles. The fraction of sp³-hybridized carbons (Fsp3) is 0.222. The number of aromatic nitrogens is 1. The number of rotatable bonds is 16. The standard InChI is InChI=1S/C36H30F6N2O10S2/c1-23-32(43-34(52-23)25-5-3-2-4-6-25)19-20-51-29-9-7-24(8-18-33(45)46)26(21-29)22-44(55(47,48)30-14-10-27(11-15-30)53-35(37,38)39)56(49,50)31-16-12-28(13-17-31)54-36(40,41)42/h2-7,9-17,21H,8,18-20,22H2,1H3,(H,45,46). The van der Waals surface area contributed by atoms with E-state index < -0.39 is 73.0 Å². The first-order valence-corrected chi connectivity index (χ1v) is 19.1. The van der Waals surface area contributed by atoms with E-state index in [4.69, 9.17) is 9.15 Å². The predicted octanol–water partition coefficient (Wildman–Crippen LogP) is 7.67. The van der Waals surface area contributed by atoms with Gasteiger partial charge < -0.3 is 23.7 Å². The highest BCUT2D eigenvalue weighted by atomic mass is 32.3. The van der Waals surface area contributed by atoms with Gasteiger partial charge in [0.25, 0.3) is 20.0 Å². The van der Waals surface area contributed by atoms with Crippen molar-refractivity contribution in [3.8, 4) is 28.7 Å². The number of halogens is 6. The highest BCUT2D eigenvalue weighted by Gasteiger charge is 2.38. The van der Waals surface area contributed by atoms with E-state index >= 15 is 0 Å². The normalized spacial score (nSPS) is 12.4. The summed E-state index contributed by atoms with van der Waals surface area (Å²) in [6, 6.07) is 18.5. The van der Waals surface area contributed by atoms with Crippen LogP contribution in [0.5, 0.6) is 17.2 Å². The minimum atomic E-state index is -5.22. The molecule has 0 unspecified atom stereocenters. The zero-order chi connectivity index (χ0) is 40.9. The van der Waals surface area contributed by atoms with E-state index in [0.717, 1.165) is 5.56 Å². The summed E-state index contributed by atoms with van der Waals surface area (Å²) in [6.45, 7) is 0.711. The van der Waals surface area contributed by atoms with Gasteiger partial charge >= 0.3 is 18.7 Å². The zero-order valence-corrected chi connectivity index (χ0v) is 30.5. The summed E-state index contributed by atoms with van der Waals surface area (Å²) in [6.07, 6.45) is -10.7. The van der Waals surface area contributed by atoms with Crippen molar-refractivity contribution in [3.05, 3.63) is 120 Å². The maximum absolute atomic E-state index is 14.1. The second kappa shape index (κ2) is 16.6. The summed E-state index contributed by atoms with van der Waals surface area (Å²) in [5, 5.41) is 9.36. The third kappa shape index (κ3) is 10.8. The van der Waals surface area contributed by atoms with Crippen molar-refractivity contribution in [3.63, 3.8) is 0 Å². The van der Waals surface area contributed by atoms with Gasteiger partial charge in [0.1, 0.15) is 23.0 Å². The molecule has 0 saturated heterocycles. The van der Waals surface area contributed by atoms with E-state index in [1.54, 1.807) is 6.92 Å². The highest BCUT2D eigenvalue weighted by molar-refractivity contribution is 8.04. The van der Waals surface area contributed by atoms with Crippen molar-refractivity contribution in [2.75, 3.05) is 6.61 Å². The first-order valence-electron chi connectivity index (χ1n) is 16.2. The second-order valence-electron chi connectivity index (χ2n) is 11.8. The van der Waals surface area contributed by atoms with Crippen LogP contribution in [0.2, 0.25) is 0 Å². The maximum atomic E-state index is 14.1. The van der Waals surface area contributed by atoms with E-state index in [0.29, 0.717) is 65.9 Å². The molecule has 1 aromatic heterocycles. The number of benzene rings is 4. The summed E-state index contributed by atoms with van der Waals surface area (Å²) in [4.78, 5) is 14.4. The fourth-order valence-corrected chi connectivity index (χ4v) is 8.85. The van der Waals surface area contributed by atoms with Crippen molar-refractivity contribution in [1.82, 2.24) is 8.69 Å². The SMILES string of the molecule is Cc1oc(-c2ccccc2)nc1CCOc1ccc(CCC(=O)O)c(CN(S(=O)(=O)c2ccc(OC(F)(F)F)cc2)S(=O)(=O)c2ccc(OC(F)(F)F)cc2)c1. The molecule has 56 heavy (non-hydrogen) atoms. The molecule has 0 fully saturated rings. The van der Waals surface area contributed by atoms with Crippen molar-refractivity contribution >= 4 is 26.0 Å². The van der Waals surface area contributed by atoms with Crippen molar-refractivity contribution < 1.29 is 71.7 Å². The predicted molar refractivity (Wildman–Crippen MR) is 184 cm³/mol. The van der Waals surface area contributed by atoms with E-state index in [-0.39, 0.29) is 40.0 Å². The first-order chi connectivity index (χ1) is 26.2. The topological polar surface area (TPSA) is 163 Å². The van der Waals surface area contributed by atoms with Crippen molar-refractivity contribution in [2.45, 2.75) is 55.2 Å². The van der Waals surface area contributed by atoms with Gasteiger partial charge in [-0.1, -0.05) is 28.0 Å². The van der Waals surface area contributed by atoms with Crippen LogP contribution < -0.4 is 14.2 Å². The molecule has 0 amide bonds. The van der Waals surface area contributed by atoms with Crippen LogP contribution in [0.15, 0.2) is 111 Å². The average molecular weight is 829 g/mol. The second-order valence-corrected chi connectivity index (χ2v) is 15.7. The summed E-state index contributed by atoms with van der Waals surface area (Å²) < 4.78 is 152. The summed E-state index contributed by atoms with van der Waals surface area (Å²) in [5.74, 6) is -1.84. The van der Waals surface area contributed by atoms with Gasteiger partial charge in [0.2, 0.25) is 5.89 Å². The lowest BCUT2D eigenvalue weighted by atomic mass is 10.0. The Kier molecular flexibility index (Phi) is 12.3. The van der Waals surface area contributed by atoms with Crippen LogP contribution in [-0.4, -0.2) is 55.9 Å². The number of carboxylic acid groups (broad SMARTS) is 1. The third-order valence-electron chi connectivity index (χ3n) is 7.85. The number of hydrogen-bond acceptors (Lipinski definition) is 10. The molecular weight excluding hydrogens is 799 g/mol. The Morgan fingerprint density at radius 3 is 1.75 bits per heavy atom. The molecule has 0 radical (unpaired) electrons. The Hall–Kier alpha value is -5.60. The van der Waals surface area contributed by atoms with Gasteiger partial charge in [-0.2, -0.15) is 0 Å². The monoisotopic (exact) mass is 828 g/mol. The summed E-state index contributed by atoms with van der Waals surface area (Å²) >= 11 is 0. The van der Waals surface area contributed by atoms with Crippen LogP contribution in [0.4, 0.5) is 26.3 Å². The molecule has 0 saturated carbocycles. The maximum Gasteiger partial charge on any atom is 0.573 e. The molecule has 0 aliphatic rings. The van der Waals surface area contributed by atoms with E-state index in [2.05, 4.69) is 14.5 Å². The molecule has 0 atom stereocenters. The Morgan fingerprint density at radius 1 is 0.732 bits per heavy atom. The molecule has 0 aliphatic heterocycles. The van der Waals surface area contributed by atoms with Gasteiger partial charge in [0, 0.05) is 18.4 Å². The van der Waals surface area contributed by atoms with Crippen LogP contribution in [0, 0.1) is 6.92 Å². The third-order valence-corrected chi connectivity index (χ3v) is 12.1. The van der Waals surface area contributed by atoms with Crippen LogP contribution >= 0.6 is 0 Å². The van der Waals surface area contributed by atoms with Gasteiger partial charge in [-0.3, -0.25) is 4.79 Å². The molecule has 1 heterocycles. The van der Waals surface area contributed by atoms with E-state index in [9.17, 15) is 53.1 Å². The molecule has 4 aromatic carbocycles. The summed E-state index contributed by atoms with van der Waals surface area (Å²) in [5.41, 5.74) is 1.46. The number of nitrogens with zero attached hydrogens (tertiary/aromatic N) is 2. The van der Waals surface area contributed by atoms with Gasteiger partial charge in [0.05, 0.1) is 28.6 Å². The number of aryl methyl sites for hydroxylation is 2. The number of carbonyl (C=O) groups is 1. The van der Waals surface area contributed by atoms with Crippen LogP contribution in [-0.2, 0) is 44.2 Å². The zero-order valence-electron chi connectivity index (χ0n) is 28.9. The van der Waals surface area contributed by atoms with Crippen LogP contribution in [0.3, 0.4) is 0 Å². The fourth-order valence-electron chi connectivity index (χ4n) is 5.25. The number of carboxylic acids is 1. The van der Waals surface area contributed by atoms with Gasteiger partial charge in [-0.25, -0.2) is 21.8 Å². The number of aliphatic carboxylic acids is 1. The highest BCUT2D eigenvalue weighted by Crippen LogP contribution is 2.33. The Bertz CT molecular complexity index is 2280. The number of alkyl halides is 6. The van der Waals surface area contributed by atoms with Crippen molar-refractivity contribution in [1.29, 1.82) is 0 Å². The largest absolute Gasteiger partial charge is 0.573 e. The molecule has 0 spiro atoms. The lowest BCUT2D eigenvalue weighted by Crippen LogP contribution is -2.36. The van der Waals surface area contributed by atoms with Crippen molar-refractivity contribution in [2.24, 2.45) is 0 Å². The van der Waals surface area contributed by atoms with Gasteiger partial charge in [-0.15, -0.1) is 26.3 Å². The van der Waals surface area contributed by atoms with E-state index in [1.165, 1.54) is 18.2 Å². The first kappa shape index (κ1) is 41.6. The molecule has 12 nitrogen and oxygen atoms in total. The molecule has 0 bridgehead atoms. The number of hydrogen-bond donors (Lipinski definition) is 1. The summed E-state index contributed by atoms with van der Waals surface area (Å²) in [7, 11) is -10.4. The number of oxazole rings is 1. The number of sulfonamides is 2. The van der Waals surface area contributed by atoms with E-state index in [1.807, 2.05) is 30.3 Å². The van der Waals surface area contributed by atoms with Gasteiger partial charge in [0.15, 0.2) is 0 Å². The lowest BCUT2D eigenvalue weighted by molar-refractivity contribution is -0.275. The molecular formula is C36H30F6N2O10S2.